The van der Waals surface area contributed by atoms with Crippen LogP contribution in [0.5, 0.6) is 5.88 Å². The second-order valence-corrected chi connectivity index (χ2v) is 14.1. The molecule has 0 radical (unpaired) electrons. The predicted molar refractivity (Wildman–Crippen MR) is 196 cm³/mol. The number of anilines is 1. The maximum absolute atomic E-state index is 14.0. The van der Waals surface area contributed by atoms with Gasteiger partial charge in [0.2, 0.25) is 17.7 Å². The Morgan fingerprint density at radius 1 is 0.980 bits per heavy atom. The highest BCUT2D eigenvalue weighted by atomic mass is 16.5. The number of hydrogen-bond acceptors (Lipinski definition) is 8. The van der Waals surface area contributed by atoms with Gasteiger partial charge in [-0.15, -0.1) is 0 Å². The summed E-state index contributed by atoms with van der Waals surface area (Å²) in [7, 11) is 0. The monoisotopic (exact) mass is 685 g/mol. The highest BCUT2D eigenvalue weighted by Crippen LogP contribution is 2.43. The molecule has 2 aromatic carbocycles. The van der Waals surface area contributed by atoms with E-state index in [2.05, 4.69) is 60.5 Å². The first-order chi connectivity index (χ1) is 24.8. The molecule has 3 aliphatic heterocycles. The SMILES string of the molecule is CCn1cnc(-c2ccc(C3=CCN(C(=O)CN4CCC5(CCN(c6ccc7[nH]nc(-c8ccc(OC(C)C)nc8)c7c6)C5=O)C4)CC3)cc2)n1. The minimum absolute atomic E-state index is 0.0453. The molecule has 8 rings (SSSR count). The molecule has 262 valence electrons. The van der Waals surface area contributed by atoms with Crippen molar-refractivity contribution in [3.63, 3.8) is 0 Å². The van der Waals surface area contributed by atoms with Crippen molar-refractivity contribution in [2.24, 2.45) is 5.41 Å². The molecule has 0 saturated carbocycles. The van der Waals surface area contributed by atoms with Gasteiger partial charge in [-0.05, 0) is 82.0 Å². The minimum atomic E-state index is -0.462. The summed E-state index contributed by atoms with van der Waals surface area (Å²) < 4.78 is 7.52. The lowest BCUT2D eigenvalue weighted by molar-refractivity contribution is -0.132. The third-order valence-electron chi connectivity index (χ3n) is 10.5. The number of hydrogen-bond donors (Lipinski definition) is 1. The maximum atomic E-state index is 14.0. The average molecular weight is 686 g/mol. The first-order valence-corrected chi connectivity index (χ1v) is 17.9. The number of fused-ring (bicyclic) bond motifs is 1. The van der Waals surface area contributed by atoms with E-state index in [1.54, 1.807) is 12.5 Å². The van der Waals surface area contributed by atoms with Gasteiger partial charge in [-0.25, -0.2) is 9.97 Å². The summed E-state index contributed by atoms with van der Waals surface area (Å²) in [5, 5.41) is 13.1. The number of benzene rings is 2. The van der Waals surface area contributed by atoms with Crippen LogP contribution in [0.1, 0.15) is 45.6 Å². The number of carbonyl (C=O) groups is 2. The van der Waals surface area contributed by atoms with Gasteiger partial charge in [-0.3, -0.25) is 24.3 Å². The Morgan fingerprint density at radius 2 is 1.78 bits per heavy atom. The van der Waals surface area contributed by atoms with E-state index in [0.717, 1.165) is 77.2 Å². The van der Waals surface area contributed by atoms with Crippen molar-refractivity contribution in [3.8, 4) is 28.5 Å². The average Bonchev–Trinajstić information content (AvgIpc) is 3.96. The lowest BCUT2D eigenvalue weighted by atomic mass is 9.85. The fraction of sp³-hybridized carbons (Fsp3) is 0.385. The summed E-state index contributed by atoms with van der Waals surface area (Å²) in [6, 6.07) is 18.2. The van der Waals surface area contributed by atoms with Gasteiger partial charge in [0.05, 0.1) is 23.6 Å². The molecule has 1 unspecified atom stereocenters. The molecular formula is C39H43N9O3. The van der Waals surface area contributed by atoms with Gasteiger partial charge in [0.1, 0.15) is 12.0 Å². The van der Waals surface area contributed by atoms with Crippen molar-refractivity contribution < 1.29 is 14.3 Å². The number of nitrogens with zero attached hydrogens (tertiary/aromatic N) is 8. The third-order valence-corrected chi connectivity index (χ3v) is 10.5. The number of nitrogens with one attached hydrogen (secondary N) is 1. The summed E-state index contributed by atoms with van der Waals surface area (Å²) in [4.78, 5) is 42.4. The zero-order chi connectivity index (χ0) is 35.1. The number of rotatable bonds is 9. The molecule has 3 aliphatic rings. The van der Waals surface area contributed by atoms with E-state index in [4.69, 9.17) is 4.74 Å². The van der Waals surface area contributed by atoms with Crippen LogP contribution in [-0.2, 0) is 16.1 Å². The van der Waals surface area contributed by atoms with Gasteiger partial charge in [0, 0.05) is 67.2 Å². The van der Waals surface area contributed by atoms with Crippen LogP contribution in [0.3, 0.4) is 0 Å². The molecule has 2 fully saturated rings. The van der Waals surface area contributed by atoms with Crippen molar-refractivity contribution in [3.05, 3.63) is 78.8 Å². The van der Waals surface area contributed by atoms with Crippen molar-refractivity contribution in [2.75, 3.05) is 44.2 Å². The van der Waals surface area contributed by atoms with Crippen molar-refractivity contribution >= 4 is 34.0 Å². The molecule has 51 heavy (non-hydrogen) atoms. The zero-order valence-electron chi connectivity index (χ0n) is 29.4. The number of H-pyrrole nitrogens is 1. The van der Waals surface area contributed by atoms with Crippen molar-refractivity contribution in [1.82, 2.24) is 39.7 Å². The van der Waals surface area contributed by atoms with Crippen LogP contribution in [0.25, 0.3) is 39.1 Å². The summed E-state index contributed by atoms with van der Waals surface area (Å²) in [5.74, 6) is 1.56. The molecule has 5 aromatic rings. The Morgan fingerprint density at radius 3 is 2.51 bits per heavy atom. The fourth-order valence-corrected chi connectivity index (χ4v) is 7.62. The number of aryl methyl sites for hydroxylation is 1. The van der Waals surface area contributed by atoms with Gasteiger partial charge < -0.3 is 14.5 Å². The minimum Gasteiger partial charge on any atom is -0.475 e. The second kappa shape index (κ2) is 13.4. The number of aromatic nitrogens is 6. The van der Waals surface area contributed by atoms with Crippen molar-refractivity contribution in [2.45, 2.75) is 52.7 Å². The first-order valence-electron chi connectivity index (χ1n) is 17.9. The van der Waals surface area contributed by atoms with Crippen LogP contribution < -0.4 is 9.64 Å². The van der Waals surface area contributed by atoms with E-state index in [0.29, 0.717) is 38.6 Å². The van der Waals surface area contributed by atoms with Crippen LogP contribution >= 0.6 is 0 Å². The Kier molecular flexibility index (Phi) is 8.63. The van der Waals surface area contributed by atoms with Crippen LogP contribution in [0.2, 0.25) is 0 Å². The Bertz CT molecular complexity index is 2100. The second-order valence-electron chi connectivity index (χ2n) is 14.1. The highest BCUT2D eigenvalue weighted by molar-refractivity contribution is 6.03. The normalized spacial score (nSPS) is 19.5. The molecule has 1 spiro atoms. The molecule has 2 amide bonds. The lowest BCUT2D eigenvalue weighted by Crippen LogP contribution is -2.43. The largest absolute Gasteiger partial charge is 0.475 e. The zero-order valence-corrected chi connectivity index (χ0v) is 29.4. The van der Waals surface area contributed by atoms with Gasteiger partial charge in [0.25, 0.3) is 0 Å². The fourth-order valence-electron chi connectivity index (χ4n) is 7.62. The van der Waals surface area contributed by atoms with Gasteiger partial charge in [-0.2, -0.15) is 10.2 Å². The lowest BCUT2D eigenvalue weighted by Gasteiger charge is -2.29. The van der Waals surface area contributed by atoms with Crippen LogP contribution in [-0.4, -0.2) is 96.9 Å². The van der Waals surface area contributed by atoms with Gasteiger partial charge >= 0.3 is 0 Å². The van der Waals surface area contributed by atoms with Crippen LogP contribution in [0.15, 0.2) is 73.2 Å². The molecule has 0 aliphatic carbocycles. The van der Waals surface area contributed by atoms with E-state index in [9.17, 15) is 9.59 Å². The van der Waals surface area contributed by atoms with Gasteiger partial charge in [0.15, 0.2) is 5.82 Å². The Hall–Kier alpha value is -5.36. The molecule has 2 saturated heterocycles. The molecule has 0 bridgehead atoms. The molecular weight excluding hydrogens is 642 g/mol. The number of pyridine rings is 1. The van der Waals surface area contributed by atoms with E-state index in [1.165, 1.54) is 5.57 Å². The van der Waals surface area contributed by atoms with Gasteiger partial charge in [-0.1, -0.05) is 30.3 Å². The number of ether oxygens (including phenoxy) is 1. The summed E-state index contributed by atoms with van der Waals surface area (Å²) in [6.07, 6.45) is 8.08. The predicted octanol–water partition coefficient (Wildman–Crippen LogP) is 5.44. The van der Waals surface area contributed by atoms with E-state index in [-0.39, 0.29) is 17.9 Å². The molecule has 3 aromatic heterocycles. The molecule has 12 nitrogen and oxygen atoms in total. The Balaban J connectivity index is 0.883. The van der Waals surface area contributed by atoms with E-state index >= 15 is 0 Å². The topological polar surface area (TPSA) is 125 Å². The highest BCUT2D eigenvalue weighted by Gasteiger charge is 2.51. The smallest absolute Gasteiger partial charge is 0.237 e. The molecule has 1 N–H and O–H groups in total. The van der Waals surface area contributed by atoms with Crippen molar-refractivity contribution in [1.29, 1.82) is 0 Å². The van der Waals surface area contributed by atoms with E-state index < -0.39 is 5.41 Å². The third kappa shape index (κ3) is 6.40. The molecule has 12 heteroatoms. The van der Waals surface area contributed by atoms with Crippen LogP contribution in [0, 0.1) is 5.41 Å². The molecule has 1 atom stereocenters. The standard InChI is InChI=1S/C39H43N9O3/c1-4-47-25-41-37(44-47)29-7-5-27(6-8-29)28-13-17-46(18-14-28)35(49)23-45-19-15-39(24-45)16-20-48(38(39)50)31-10-11-33-32(21-31)36(43-42-33)30-9-12-34(40-22-30)51-26(2)3/h5-13,21-22,25-26H,4,14-20,23-24H2,1-3H3,(H,42,43). The number of carbonyl (C=O) groups excluding carboxylic acids is 2. The number of aromatic amines is 1. The van der Waals surface area contributed by atoms with E-state index in [1.807, 2.05) is 65.6 Å². The summed E-state index contributed by atoms with van der Waals surface area (Å²) in [6.45, 7) is 10.4. The molecule has 6 heterocycles. The number of amides is 2. The quantitative estimate of drug-likeness (QED) is 0.218. The summed E-state index contributed by atoms with van der Waals surface area (Å²) >= 11 is 0. The number of likely N-dealkylation sites (tertiary alicyclic amines) is 1. The Labute approximate surface area is 297 Å². The van der Waals surface area contributed by atoms with Crippen LogP contribution in [0.4, 0.5) is 5.69 Å². The summed E-state index contributed by atoms with van der Waals surface area (Å²) in [5.41, 5.74) is 6.37. The maximum Gasteiger partial charge on any atom is 0.237 e. The first kappa shape index (κ1) is 32.8.